The summed E-state index contributed by atoms with van der Waals surface area (Å²) < 4.78 is 44.8. The normalized spacial score (nSPS) is 11.7. The Labute approximate surface area is 141 Å². The maximum atomic E-state index is 12.6. The first kappa shape index (κ1) is 17.0. The molecule has 3 rings (SSSR count). The second-order valence-electron chi connectivity index (χ2n) is 5.44. The van der Waals surface area contributed by atoms with Crippen LogP contribution < -0.4 is 10.1 Å². The average Bonchev–Trinajstić information content (AvgIpc) is 2.95. The summed E-state index contributed by atoms with van der Waals surface area (Å²) in [5.74, 6) is 0.877. The summed E-state index contributed by atoms with van der Waals surface area (Å²) >= 11 is 0. The van der Waals surface area contributed by atoms with Gasteiger partial charge in [-0.15, -0.1) is 5.10 Å². The van der Waals surface area contributed by atoms with E-state index < -0.39 is 11.7 Å². The minimum Gasteiger partial charge on any atom is -0.462 e. The van der Waals surface area contributed by atoms with Gasteiger partial charge in [-0.3, -0.25) is 0 Å². The molecule has 6 nitrogen and oxygen atoms in total. The van der Waals surface area contributed by atoms with Gasteiger partial charge in [0.1, 0.15) is 5.82 Å². The molecule has 3 aromatic rings. The number of hydrogen-bond acceptors (Lipinski definition) is 5. The Hall–Kier alpha value is -2.84. The fourth-order valence-electron chi connectivity index (χ4n) is 2.20. The quantitative estimate of drug-likeness (QED) is 0.753. The molecule has 1 N–H and O–H groups in total. The first-order valence-corrected chi connectivity index (χ1v) is 7.68. The zero-order valence-electron chi connectivity index (χ0n) is 13.6. The van der Waals surface area contributed by atoms with Gasteiger partial charge in [0, 0.05) is 17.4 Å². The number of anilines is 2. The number of alkyl halides is 3. The van der Waals surface area contributed by atoms with Crippen LogP contribution in [0.5, 0.6) is 6.01 Å². The molecule has 0 radical (unpaired) electrons. The maximum absolute atomic E-state index is 12.6. The minimum absolute atomic E-state index is 0.204. The summed E-state index contributed by atoms with van der Waals surface area (Å²) in [6.07, 6.45) is -3.55. The second-order valence-corrected chi connectivity index (χ2v) is 5.44. The number of rotatable bonds is 5. The third-order valence-electron chi connectivity index (χ3n) is 3.34. The molecule has 0 unspecified atom stereocenters. The molecule has 0 fully saturated rings. The molecule has 2 aromatic heterocycles. The summed E-state index contributed by atoms with van der Waals surface area (Å²) in [6.45, 7) is 4.24. The van der Waals surface area contributed by atoms with Gasteiger partial charge in [0.2, 0.25) is 0 Å². The topological polar surface area (TPSA) is 64.3 Å². The Morgan fingerprint density at radius 3 is 2.52 bits per heavy atom. The molecule has 0 saturated carbocycles. The summed E-state index contributed by atoms with van der Waals surface area (Å²) in [5.41, 5.74) is 0.480. The zero-order chi connectivity index (χ0) is 18.0. The van der Waals surface area contributed by atoms with Crippen molar-refractivity contribution >= 4 is 17.3 Å². The number of ether oxygens (including phenoxy) is 1. The molecule has 0 aliphatic carbocycles. The molecule has 0 amide bonds. The lowest BCUT2D eigenvalue weighted by atomic mass is 10.2. The van der Waals surface area contributed by atoms with Gasteiger partial charge < -0.3 is 10.1 Å². The first-order chi connectivity index (χ1) is 11.9. The number of nitrogens with one attached hydrogen (secondary N) is 1. The van der Waals surface area contributed by atoms with Crippen LogP contribution in [0.3, 0.4) is 0 Å². The van der Waals surface area contributed by atoms with Crippen LogP contribution in [0, 0.1) is 6.92 Å². The van der Waals surface area contributed by atoms with Crippen LogP contribution in [0.2, 0.25) is 0 Å². The van der Waals surface area contributed by atoms with Crippen LogP contribution >= 0.6 is 0 Å². The van der Waals surface area contributed by atoms with Crippen molar-refractivity contribution < 1.29 is 17.9 Å². The Morgan fingerprint density at radius 2 is 1.88 bits per heavy atom. The van der Waals surface area contributed by atoms with Crippen LogP contribution in [-0.2, 0) is 6.18 Å². The van der Waals surface area contributed by atoms with E-state index in [0.717, 1.165) is 18.6 Å². The van der Waals surface area contributed by atoms with Crippen LogP contribution in [-0.4, -0.2) is 26.2 Å². The highest BCUT2D eigenvalue weighted by Gasteiger charge is 2.29. The predicted molar refractivity (Wildman–Crippen MR) is 86.0 cm³/mol. The Morgan fingerprint density at radius 1 is 1.16 bits per heavy atom. The lowest BCUT2D eigenvalue weighted by molar-refractivity contribution is -0.137. The maximum Gasteiger partial charge on any atom is 0.416 e. The number of fused-ring (bicyclic) bond motifs is 1. The standard InChI is InChI=1S/C16H16F3N5O/c1-3-8-25-15-22-14-20-10(2)9-13(24(14)23-15)21-12-6-4-11(5-7-12)16(17,18)19/h4-7,9,21H,3,8H2,1-2H3. The number of benzene rings is 1. The first-order valence-electron chi connectivity index (χ1n) is 7.68. The van der Waals surface area contributed by atoms with E-state index in [1.165, 1.54) is 16.6 Å². The van der Waals surface area contributed by atoms with Crippen molar-refractivity contribution in [3.63, 3.8) is 0 Å². The minimum atomic E-state index is -4.36. The molecule has 25 heavy (non-hydrogen) atoms. The summed E-state index contributed by atoms with van der Waals surface area (Å²) in [6, 6.07) is 6.68. The SMILES string of the molecule is CCCOc1nc2nc(C)cc(Nc3ccc(C(F)(F)F)cc3)n2n1. The molecule has 0 aliphatic heterocycles. The van der Waals surface area contributed by atoms with E-state index in [4.69, 9.17) is 4.74 Å². The van der Waals surface area contributed by atoms with Gasteiger partial charge in [0.25, 0.3) is 5.78 Å². The van der Waals surface area contributed by atoms with Gasteiger partial charge in [-0.2, -0.15) is 22.7 Å². The van der Waals surface area contributed by atoms with Gasteiger partial charge in [-0.05, 0) is 37.6 Å². The lowest BCUT2D eigenvalue weighted by Crippen LogP contribution is -2.05. The molecule has 1 aromatic carbocycles. The van der Waals surface area contributed by atoms with Crippen molar-refractivity contribution in [1.29, 1.82) is 0 Å². The predicted octanol–water partition coefficient (Wildman–Crippen LogP) is 3.98. The molecular formula is C16H16F3N5O. The summed E-state index contributed by atoms with van der Waals surface area (Å²) in [5, 5.41) is 7.26. The molecule has 0 bridgehead atoms. The highest BCUT2D eigenvalue weighted by molar-refractivity contribution is 5.59. The van der Waals surface area contributed by atoms with E-state index in [0.29, 0.717) is 29.6 Å². The second kappa shape index (κ2) is 6.58. The molecule has 0 atom stereocenters. The fraction of sp³-hybridized carbons (Fsp3) is 0.312. The molecule has 9 heteroatoms. The van der Waals surface area contributed by atoms with E-state index in [1.54, 1.807) is 13.0 Å². The molecule has 0 aliphatic rings. The number of halogens is 3. The van der Waals surface area contributed by atoms with E-state index in [1.807, 2.05) is 6.92 Å². The van der Waals surface area contributed by atoms with Crippen LogP contribution in [0.25, 0.3) is 5.78 Å². The lowest BCUT2D eigenvalue weighted by Gasteiger charge is -2.10. The van der Waals surface area contributed by atoms with Gasteiger partial charge in [-0.1, -0.05) is 6.92 Å². The third-order valence-corrected chi connectivity index (χ3v) is 3.34. The molecule has 132 valence electrons. The number of nitrogens with zero attached hydrogens (tertiary/aromatic N) is 4. The zero-order valence-corrected chi connectivity index (χ0v) is 13.6. The fourth-order valence-corrected chi connectivity index (χ4v) is 2.20. The van der Waals surface area contributed by atoms with Crippen molar-refractivity contribution in [2.45, 2.75) is 26.4 Å². The van der Waals surface area contributed by atoms with Gasteiger partial charge in [0.05, 0.1) is 12.2 Å². The smallest absolute Gasteiger partial charge is 0.416 e. The monoisotopic (exact) mass is 351 g/mol. The van der Waals surface area contributed by atoms with E-state index in [9.17, 15) is 13.2 Å². The molecule has 0 saturated heterocycles. The number of aryl methyl sites for hydroxylation is 1. The van der Waals surface area contributed by atoms with Crippen molar-refractivity contribution in [3.05, 3.63) is 41.6 Å². The summed E-state index contributed by atoms with van der Waals surface area (Å²) in [7, 11) is 0. The van der Waals surface area contributed by atoms with Crippen LogP contribution in [0.15, 0.2) is 30.3 Å². The average molecular weight is 351 g/mol. The number of aromatic nitrogens is 4. The van der Waals surface area contributed by atoms with E-state index in [2.05, 4.69) is 20.4 Å². The number of hydrogen-bond donors (Lipinski definition) is 1. The van der Waals surface area contributed by atoms with E-state index >= 15 is 0 Å². The molecule has 2 heterocycles. The summed E-state index contributed by atoms with van der Waals surface area (Å²) in [4.78, 5) is 8.46. The van der Waals surface area contributed by atoms with Gasteiger partial charge in [0.15, 0.2) is 0 Å². The Balaban J connectivity index is 1.91. The van der Waals surface area contributed by atoms with E-state index in [-0.39, 0.29) is 6.01 Å². The van der Waals surface area contributed by atoms with Crippen molar-refractivity contribution in [3.8, 4) is 6.01 Å². The van der Waals surface area contributed by atoms with Gasteiger partial charge in [-0.25, -0.2) is 4.98 Å². The van der Waals surface area contributed by atoms with Crippen molar-refractivity contribution in [2.75, 3.05) is 11.9 Å². The van der Waals surface area contributed by atoms with Gasteiger partial charge >= 0.3 is 12.2 Å². The largest absolute Gasteiger partial charge is 0.462 e. The Kier molecular flexibility index (Phi) is 4.47. The third kappa shape index (κ3) is 3.81. The highest BCUT2D eigenvalue weighted by Crippen LogP contribution is 2.30. The van der Waals surface area contributed by atoms with Crippen LogP contribution in [0.1, 0.15) is 24.6 Å². The van der Waals surface area contributed by atoms with Crippen molar-refractivity contribution in [1.82, 2.24) is 19.6 Å². The highest BCUT2D eigenvalue weighted by atomic mass is 19.4. The molecule has 0 spiro atoms. The van der Waals surface area contributed by atoms with Crippen molar-refractivity contribution in [2.24, 2.45) is 0 Å². The Bertz CT molecular complexity index is 874. The van der Waals surface area contributed by atoms with Crippen LogP contribution in [0.4, 0.5) is 24.7 Å². The molecular weight excluding hydrogens is 335 g/mol.